The molecule has 3 rings (SSSR count). The van der Waals surface area contributed by atoms with Gasteiger partial charge in [0, 0.05) is 30.8 Å². The Balaban J connectivity index is 1.67. The minimum atomic E-state index is -3.92. The number of nitrogens with one attached hydrogen (secondary N) is 2. The van der Waals surface area contributed by atoms with Crippen LogP contribution in [-0.2, 0) is 14.8 Å². The maximum Gasteiger partial charge on any atom is 0.270 e. The third-order valence-electron chi connectivity index (χ3n) is 4.75. The topological polar surface area (TPSA) is 103 Å². The molecule has 1 aliphatic heterocycles. The van der Waals surface area contributed by atoms with E-state index in [0.717, 1.165) is 22.7 Å². The van der Waals surface area contributed by atoms with E-state index >= 15 is 0 Å². The van der Waals surface area contributed by atoms with Crippen LogP contribution < -0.4 is 5.32 Å². The van der Waals surface area contributed by atoms with Gasteiger partial charge in [-0.1, -0.05) is 6.07 Å². The lowest BCUT2D eigenvalue weighted by Gasteiger charge is -2.16. The number of H-pyrrole nitrogens is 1. The van der Waals surface area contributed by atoms with Crippen LogP contribution >= 0.6 is 15.9 Å². The molecule has 0 aliphatic carbocycles. The molecule has 0 radical (unpaired) electrons. The molecule has 29 heavy (non-hydrogen) atoms. The number of anilines is 1. The predicted molar refractivity (Wildman–Crippen MR) is 113 cm³/mol. The standard InChI is InChI=1S/C19H23BrN4O4S/c1-13-5-6-16(15(20)9-13)22-18(25)12-23(2)29(27,28)14-10-17(21-11-14)19(26)24-7-3-4-8-24/h5-6,9-11,21H,3-4,7-8,12H2,1-2H3,(H,22,25). The first-order chi connectivity index (χ1) is 13.7. The van der Waals surface area contributed by atoms with Crippen molar-refractivity contribution < 1.29 is 18.0 Å². The molecule has 156 valence electrons. The Labute approximate surface area is 178 Å². The van der Waals surface area contributed by atoms with E-state index in [9.17, 15) is 18.0 Å². The third kappa shape index (κ3) is 4.88. The summed E-state index contributed by atoms with van der Waals surface area (Å²) in [5, 5.41) is 2.69. The zero-order valence-electron chi connectivity index (χ0n) is 16.2. The molecule has 1 saturated heterocycles. The number of amides is 2. The molecule has 0 saturated carbocycles. The minimum Gasteiger partial charge on any atom is -0.356 e. The van der Waals surface area contributed by atoms with Gasteiger partial charge in [0.15, 0.2) is 0 Å². The number of rotatable bonds is 6. The molecule has 1 aromatic carbocycles. The van der Waals surface area contributed by atoms with Crippen LogP contribution in [0.5, 0.6) is 0 Å². The first-order valence-electron chi connectivity index (χ1n) is 9.18. The molecular formula is C19H23BrN4O4S. The number of halogens is 1. The Kier molecular flexibility index (Phi) is 6.45. The van der Waals surface area contributed by atoms with Crippen molar-refractivity contribution in [3.05, 3.63) is 46.2 Å². The highest BCUT2D eigenvalue weighted by atomic mass is 79.9. The zero-order chi connectivity index (χ0) is 21.2. The molecular weight excluding hydrogens is 460 g/mol. The van der Waals surface area contributed by atoms with Gasteiger partial charge in [-0.25, -0.2) is 8.42 Å². The molecule has 2 N–H and O–H groups in total. The summed E-state index contributed by atoms with van der Waals surface area (Å²) in [6.07, 6.45) is 3.18. The molecule has 10 heteroatoms. The van der Waals surface area contributed by atoms with E-state index in [-0.39, 0.29) is 23.0 Å². The highest BCUT2D eigenvalue weighted by Crippen LogP contribution is 2.24. The number of likely N-dealkylation sites (N-methyl/N-ethyl adjacent to an activating group) is 1. The van der Waals surface area contributed by atoms with E-state index in [1.54, 1.807) is 11.0 Å². The third-order valence-corrected chi connectivity index (χ3v) is 7.19. The SMILES string of the molecule is Cc1ccc(NC(=O)CN(C)S(=O)(=O)c2c[nH]c(C(=O)N3CCCC3)c2)c(Br)c1. The summed E-state index contributed by atoms with van der Waals surface area (Å²) < 4.78 is 27.2. The zero-order valence-corrected chi connectivity index (χ0v) is 18.6. The molecule has 2 heterocycles. The maximum absolute atomic E-state index is 12.8. The highest BCUT2D eigenvalue weighted by Gasteiger charge is 2.27. The lowest BCUT2D eigenvalue weighted by Crippen LogP contribution is -2.34. The number of benzene rings is 1. The van der Waals surface area contributed by atoms with Crippen LogP contribution in [-0.4, -0.2) is 61.1 Å². The molecule has 2 amide bonds. The Bertz CT molecular complexity index is 1030. The molecule has 0 spiro atoms. The second-order valence-corrected chi connectivity index (χ2v) is 9.94. The van der Waals surface area contributed by atoms with Crippen molar-refractivity contribution in [2.45, 2.75) is 24.7 Å². The quantitative estimate of drug-likeness (QED) is 0.660. The van der Waals surface area contributed by atoms with Crippen LogP contribution in [0.3, 0.4) is 0 Å². The van der Waals surface area contributed by atoms with Gasteiger partial charge in [-0.2, -0.15) is 4.31 Å². The highest BCUT2D eigenvalue weighted by molar-refractivity contribution is 9.10. The Morgan fingerprint density at radius 1 is 1.24 bits per heavy atom. The summed E-state index contributed by atoms with van der Waals surface area (Å²) in [5.74, 6) is -0.682. The largest absolute Gasteiger partial charge is 0.356 e. The van der Waals surface area contributed by atoms with E-state index in [2.05, 4.69) is 26.2 Å². The van der Waals surface area contributed by atoms with E-state index < -0.39 is 15.9 Å². The number of aromatic amines is 1. The van der Waals surface area contributed by atoms with Crippen molar-refractivity contribution in [2.75, 3.05) is 32.0 Å². The molecule has 1 aliphatic rings. The van der Waals surface area contributed by atoms with Gasteiger partial charge >= 0.3 is 0 Å². The van der Waals surface area contributed by atoms with Crippen molar-refractivity contribution in [3.8, 4) is 0 Å². The van der Waals surface area contributed by atoms with Crippen molar-refractivity contribution in [1.82, 2.24) is 14.2 Å². The van der Waals surface area contributed by atoms with Gasteiger partial charge in [0.1, 0.15) is 10.6 Å². The number of nitrogens with zero attached hydrogens (tertiary/aromatic N) is 2. The fourth-order valence-corrected chi connectivity index (χ4v) is 4.83. The number of hydrogen-bond acceptors (Lipinski definition) is 4. The molecule has 0 atom stereocenters. The van der Waals surface area contributed by atoms with E-state index in [0.29, 0.717) is 23.2 Å². The number of carbonyl (C=O) groups excluding carboxylic acids is 2. The Hall–Kier alpha value is -2.17. The maximum atomic E-state index is 12.8. The summed E-state index contributed by atoms with van der Waals surface area (Å²) in [6, 6.07) is 6.77. The van der Waals surface area contributed by atoms with Crippen molar-refractivity contribution in [3.63, 3.8) is 0 Å². The number of hydrogen-bond donors (Lipinski definition) is 2. The van der Waals surface area contributed by atoms with Gasteiger partial charge in [-0.3, -0.25) is 9.59 Å². The van der Waals surface area contributed by atoms with E-state index in [4.69, 9.17) is 0 Å². The number of likely N-dealkylation sites (tertiary alicyclic amines) is 1. The first-order valence-corrected chi connectivity index (χ1v) is 11.4. The van der Waals surface area contributed by atoms with E-state index in [1.165, 1.54) is 19.3 Å². The van der Waals surface area contributed by atoms with Crippen LogP contribution in [0.4, 0.5) is 5.69 Å². The van der Waals surface area contributed by atoms with Crippen LogP contribution in [0, 0.1) is 6.92 Å². The average Bonchev–Trinajstić information content (AvgIpc) is 3.35. The Morgan fingerprint density at radius 2 is 1.93 bits per heavy atom. The van der Waals surface area contributed by atoms with Crippen molar-refractivity contribution >= 4 is 43.5 Å². The van der Waals surface area contributed by atoms with Gasteiger partial charge in [-0.05, 0) is 59.5 Å². The fraction of sp³-hybridized carbons (Fsp3) is 0.368. The van der Waals surface area contributed by atoms with Gasteiger partial charge < -0.3 is 15.2 Å². The van der Waals surface area contributed by atoms with Gasteiger partial charge in [0.25, 0.3) is 5.91 Å². The normalized spacial score (nSPS) is 14.4. The lowest BCUT2D eigenvalue weighted by molar-refractivity contribution is -0.116. The second-order valence-electron chi connectivity index (χ2n) is 7.04. The molecule has 1 aromatic heterocycles. The van der Waals surface area contributed by atoms with Crippen LogP contribution in [0.15, 0.2) is 39.8 Å². The smallest absolute Gasteiger partial charge is 0.270 e. The van der Waals surface area contributed by atoms with E-state index in [1.807, 2.05) is 19.1 Å². The molecule has 8 nitrogen and oxygen atoms in total. The average molecular weight is 483 g/mol. The first kappa shape index (κ1) is 21.5. The van der Waals surface area contributed by atoms with Crippen LogP contribution in [0.25, 0.3) is 0 Å². The fourth-order valence-electron chi connectivity index (χ4n) is 3.12. The van der Waals surface area contributed by atoms with Gasteiger partial charge in [0.05, 0.1) is 12.2 Å². The minimum absolute atomic E-state index is 0.0492. The van der Waals surface area contributed by atoms with Crippen LogP contribution in [0.1, 0.15) is 28.9 Å². The molecule has 1 fully saturated rings. The molecule has 0 unspecified atom stereocenters. The molecule has 2 aromatic rings. The number of sulfonamides is 1. The summed E-state index contributed by atoms with van der Waals surface area (Å²) >= 11 is 3.38. The van der Waals surface area contributed by atoms with Crippen molar-refractivity contribution in [1.29, 1.82) is 0 Å². The number of carbonyl (C=O) groups is 2. The predicted octanol–water partition coefficient (Wildman–Crippen LogP) is 2.58. The monoisotopic (exact) mass is 482 g/mol. The van der Waals surface area contributed by atoms with Gasteiger partial charge in [-0.15, -0.1) is 0 Å². The molecule has 0 bridgehead atoms. The lowest BCUT2D eigenvalue weighted by atomic mass is 10.2. The Morgan fingerprint density at radius 3 is 2.59 bits per heavy atom. The number of aryl methyl sites for hydroxylation is 1. The summed E-state index contributed by atoms with van der Waals surface area (Å²) in [5.41, 5.74) is 1.82. The summed E-state index contributed by atoms with van der Waals surface area (Å²) in [7, 11) is -2.59. The summed E-state index contributed by atoms with van der Waals surface area (Å²) in [6.45, 7) is 2.92. The second kappa shape index (κ2) is 8.68. The van der Waals surface area contributed by atoms with Gasteiger partial charge in [0.2, 0.25) is 15.9 Å². The summed E-state index contributed by atoms with van der Waals surface area (Å²) in [4.78, 5) is 29.1. The van der Waals surface area contributed by atoms with Crippen molar-refractivity contribution in [2.24, 2.45) is 0 Å². The van der Waals surface area contributed by atoms with Crippen LogP contribution in [0.2, 0.25) is 0 Å². The number of aromatic nitrogens is 1.